The van der Waals surface area contributed by atoms with Gasteiger partial charge in [0.1, 0.15) is 4.90 Å². The van der Waals surface area contributed by atoms with E-state index in [0.717, 1.165) is 5.69 Å². The predicted octanol–water partition coefficient (Wildman–Crippen LogP) is 2.97. The first kappa shape index (κ1) is 15.8. The molecule has 0 radical (unpaired) electrons. The van der Waals surface area contributed by atoms with Gasteiger partial charge >= 0.3 is 0 Å². The van der Waals surface area contributed by atoms with Crippen LogP contribution >= 0.6 is 11.6 Å². The Labute approximate surface area is 128 Å². The third kappa shape index (κ3) is 2.63. The SMILES string of the molecule is CCn1c(C)cc(C)c(S(=O)(=O)c2ccccc2Cl)c1=O. The molecule has 1 aromatic carbocycles. The zero-order chi connectivity index (χ0) is 15.8. The molecule has 0 aliphatic carbocycles. The van der Waals surface area contributed by atoms with Crippen LogP contribution in [0.2, 0.25) is 5.02 Å². The molecule has 4 nitrogen and oxygen atoms in total. The molecule has 0 saturated heterocycles. The first-order chi connectivity index (χ1) is 9.80. The molecule has 6 heteroatoms. The molecule has 1 heterocycles. The smallest absolute Gasteiger partial charge is 0.270 e. The zero-order valence-corrected chi connectivity index (χ0v) is 13.6. The Kier molecular flexibility index (Phi) is 4.25. The van der Waals surface area contributed by atoms with Crippen LogP contribution in [0.5, 0.6) is 0 Å². The van der Waals surface area contributed by atoms with E-state index in [4.69, 9.17) is 11.6 Å². The summed E-state index contributed by atoms with van der Waals surface area (Å²) in [6.07, 6.45) is 0. The van der Waals surface area contributed by atoms with E-state index in [0.29, 0.717) is 12.1 Å². The maximum Gasteiger partial charge on any atom is 0.270 e. The van der Waals surface area contributed by atoms with Gasteiger partial charge in [0.05, 0.1) is 9.92 Å². The second-order valence-electron chi connectivity index (χ2n) is 4.78. The summed E-state index contributed by atoms with van der Waals surface area (Å²) < 4.78 is 27.0. The van der Waals surface area contributed by atoms with Crippen LogP contribution in [0.4, 0.5) is 0 Å². The summed E-state index contributed by atoms with van der Waals surface area (Å²) in [5.41, 5.74) is 0.662. The monoisotopic (exact) mass is 325 g/mol. The number of hydrogen-bond acceptors (Lipinski definition) is 3. The van der Waals surface area contributed by atoms with Crippen molar-refractivity contribution < 1.29 is 8.42 Å². The maximum absolute atomic E-state index is 12.8. The lowest BCUT2D eigenvalue weighted by Gasteiger charge is -2.13. The van der Waals surface area contributed by atoms with Gasteiger partial charge in [-0.25, -0.2) is 8.42 Å². The lowest BCUT2D eigenvalue weighted by Crippen LogP contribution is -2.28. The van der Waals surface area contributed by atoms with Crippen LogP contribution < -0.4 is 5.56 Å². The number of nitrogens with zero attached hydrogens (tertiary/aromatic N) is 1. The number of halogens is 1. The zero-order valence-electron chi connectivity index (χ0n) is 12.1. The van der Waals surface area contributed by atoms with Gasteiger partial charge in [-0.05, 0) is 44.5 Å². The summed E-state index contributed by atoms with van der Waals surface area (Å²) in [5, 5.41) is 0.111. The molecule has 0 saturated carbocycles. The second-order valence-corrected chi connectivity index (χ2v) is 7.04. The van der Waals surface area contributed by atoms with E-state index in [1.807, 2.05) is 0 Å². The van der Waals surface area contributed by atoms with Crippen LogP contribution in [0, 0.1) is 13.8 Å². The summed E-state index contributed by atoms with van der Waals surface area (Å²) >= 11 is 5.98. The number of aromatic nitrogens is 1. The Bertz CT molecular complexity index is 854. The summed E-state index contributed by atoms with van der Waals surface area (Å²) in [5.74, 6) is 0. The maximum atomic E-state index is 12.8. The van der Waals surface area contributed by atoms with Crippen molar-refractivity contribution in [1.82, 2.24) is 4.57 Å². The minimum atomic E-state index is -3.95. The van der Waals surface area contributed by atoms with Gasteiger partial charge in [-0.15, -0.1) is 0 Å². The number of rotatable bonds is 3. The number of benzene rings is 1. The van der Waals surface area contributed by atoms with Gasteiger partial charge in [-0.2, -0.15) is 0 Å². The van der Waals surface area contributed by atoms with E-state index in [9.17, 15) is 13.2 Å². The van der Waals surface area contributed by atoms with Gasteiger partial charge in [-0.3, -0.25) is 4.79 Å². The van der Waals surface area contributed by atoms with E-state index in [2.05, 4.69) is 0 Å². The van der Waals surface area contributed by atoms with Crippen molar-refractivity contribution in [3.8, 4) is 0 Å². The second kappa shape index (κ2) is 5.66. The van der Waals surface area contributed by atoms with E-state index < -0.39 is 15.4 Å². The molecule has 21 heavy (non-hydrogen) atoms. The molecule has 112 valence electrons. The molecular formula is C15H16ClNO3S. The van der Waals surface area contributed by atoms with E-state index in [1.54, 1.807) is 39.0 Å². The van der Waals surface area contributed by atoms with E-state index >= 15 is 0 Å². The highest BCUT2D eigenvalue weighted by atomic mass is 35.5. The molecule has 0 fully saturated rings. The minimum Gasteiger partial charge on any atom is -0.312 e. The third-order valence-corrected chi connectivity index (χ3v) is 5.77. The predicted molar refractivity (Wildman–Crippen MR) is 82.8 cm³/mol. The fraction of sp³-hybridized carbons (Fsp3) is 0.267. The average Bonchev–Trinajstić information content (AvgIpc) is 2.38. The molecule has 1 aromatic heterocycles. The number of hydrogen-bond donors (Lipinski definition) is 0. The molecule has 0 amide bonds. The van der Waals surface area contributed by atoms with Gasteiger partial charge in [0.2, 0.25) is 9.84 Å². The summed E-state index contributed by atoms with van der Waals surface area (Å²) in [7, 11) is -3.95. The Morgan fingerprint density at radius 1 is 1.19 bits per heavy atom. The minimum absolute atomic E-state index is 0.0432. The Balaban J connectivity index is 2.85. The van der Waals surface area contributed by atoms with Crippen LogP contribution in [0.15, 0.2) is 44.9 Å². The van der Waals surface area contributed by atoms with Crippen molar-refractivity contribution >= 4 is 21.4 Å². The summed E-state index contributed by atoms with van der Waals surface area (Å²) in [4.78, 5) is 12.3. The fourth-order valence-electron chi connectivity index (χ4n) is 2.40. The van der Waals surface area contributed by atoms with Crippen molar-refractivity contribution in [3.05, 3.63) is 57.0 Å². The lowest BCUT2D eigenvalue weighted by molar-refractivity contribution is 0.589. The molecule has 0 bridgehead atoms. The van der Waals surface area contributed by atoms with Crippen LogP contribution in [0.3, 0.4) is 0 Å². The molecule has 0 aliphatic heterocycles. The van der Waals surface area contributed by atoms with Gasteiger partial charge < -0.3 is 4.57 Å². The van der Waals surface area contributed by atoms with Gasteiger partial charge in [0.15, 0.2) is 0 Å². The molecular weight excluding hydrogens is 310 g/mol. The van der Waals surface area contributed by atoms with Crippen molar-refractivity contribution in [3.63, 3.8) is 0 Å². The quantitative estimate of drug-likeness (QED) is 0.871. The van der Waals surface area contributed by atoms with Crippen LogP contribution in [-0.4, -0.2) is 13.0 Å². The Morgan fingerprint density at radius 3 is 2.38 bits per heavy atom. The van der Waals surface area contributed by atoms with Gasteiger partial charge in [0, 0.05) is 12.2 Å². The van der Waals surface area contributed by atoms with E-state index in [1.165, 1.54) is 16.7 Å². The lowest BCUT2D eigenvalue weighted by atomic mass is 10.2. The molecule has 2 aromatic rings. The van der Waals surface area contributed by atoms with Crippen LogP contribution in [-0.2, 0) is 16.4 Å². The third-order valence-electron chi connectivity index (χ3n) is 3.36. The highest BCUT2D eigenvalue weighted by Gasteiger charge is 2.27. The van der Waals surface area contributed by atoms with E-state index in [-0.39, 0.29) is 14.8 Å². The highest BCUT2D eigenvalue weighted by Crippen LogP contribution is 2.27. The van der Waals surface area contributed by atoms with Crippen LogP contribution in [0.25, 0.3) is 0 Å². The van der Waals surface area contributed by atoms with Crippen molar-refractivity contribution in [2.45, 2.75) is 37.1 Å². The highest BCUT2D eigenvalue weighted by molar-refractivity contribution is 7.91. The number of aryl methyl sites for hydroxylation is 2. The standard InChI is InChI=1S/C15H16ClNO3S/c1-4-17-11(3)9-10(2)14(15(17)18)21(19,20)13-8-6-5-7-12(13)16/h5-9H,4H2,1-3H3. The van der Waals surface area contributed by atoms with Crippen molar-refractivity contribution in [2.75, 3.05) is 0 Å². The average molecular weight is 326 g/mol. The molecule has 0 spiro atoms. The fourth-order valence-corrected chi connectivity index (χ4v) is 4.47. The molecule has 2 rings (SSSR count). The van der Waals surface area contributed by atoms with Crippen molar-refractivity contribution in [2.24, 2.45) is 0 Å². The summed E-state index contributed by atoms with van der Waals surface area (Å²) in [6.45, 7) is 5.62. The topological polar surface area (TPSA) is 56.1 Å². The Hall–Kier alpha value is -1.59. The normalized spacial score (nSPS) is 11.6. The van der Waals surface area contributed by atoms with Crippen LogP contribution in [0.1, 0.15) is 18.2 Å². The molecule has 0 atom stereocenters. The van der Waals surface area contributed by atoms with Gasteiger partial charge in [-0.1, -0.05) is 23.7 Å². The number of sulfone groups is 1. The summed E-state index contributed by atoms with van der Waals surface area (Å²) in [6, 6.07) is 7.84. The number of pyridine rings is 1. The first-order valence-electron chi connectivity index (χ1n) is 6.51. The molecule has 0 aliphatic rings. The first-order valence-corrected chi connectivity index (χ1v) is 8.37. The largest absolute Gasteiger partial charge is 0.312 e. The Morgan fingerprint density at radius 2 is 1.81 bits per heavy atom. The molecule has 0 N–H and O–H groups in total. The van der Waals surface area contributed by atoms with Gasteiger partial charge in [0.25, 0.3) is 5.56 Å². The van der Waals surface area contributed by atoms with Crippen molar-refractivity contribution in [1.29, 1.82) is 0 Å². The molecule has 0 unspecified atom stereocenters.